The molecule has 0 saturated heterocycles. The summed E-state index contributed by atoms with van der Waals surface area (Å²) in [5.41, 5.74) is 7.10. The van der Waals surface area contributed by atoms with E-state index >= 15 is 0 Å². The molecule has 0 heterocycles. The van der Waals surface area contributed by atoms with E-state index in [0.29, 0.717) is 0 Å². The highest BCUT2D eigenvalue weighted by atomic mass is 14.1. The highest BCUT2D eigenvalue weighted by molar-refractivity contribution is 5.61. The summed E-state index contributed by atoms with van der Waals surface area (Å²) in [6.07, 6.45) is 9.82. The average Bonchev–Trinajstić information content (AvgIpc) is 2.30. The topological polar surface area (TPSA) is 0 Å². The molecule has 1 aromatic carbocycles. The molecule has 0 aliphatic rings. The van der Waals surface area contributed by atoms with Crippen LogP contribution in [0.1, 0.15) is 60.4 Å². The van der Waals surface area contributed by atoms with Gasteiger partial charge < -0.3 is 0 Å². The fraction of sp³-hybridized carbons (Fsp3) is 0.529. The van der Waals surface area contributed by atoms with E-state index < -0.39 is 0 Å². The molecule has 0 heteroatoms. The summed E-state index contributed by atoms with van der Waals surface area (Å²) in [6.45, 7) is 11.1. The molecule has 0 aromatic heterocycles. The number of aryl methyl sites for hydroxylation is 2. The number of benzene rings is 1. The van der Waals surface area contributed by atoms with E-state index in [1.165, 1.54) is 53.5 Å². The molecule has 0 aliphatic carbocycles. The van der Waals surface area contributed by atoms with Crippen molar-refractivity contribution in [3.8, 4) is 0 Å². The summed E-state index contributed by atoms with van der Waals surface area (Å²) in [7, 11) is 0. The minimum absolute atomic E-state index is 1.21. The van der Waals surface area contributed by atoms with Crippen LogP contribution < -0.4 is 0 Å². The molecule has 0 radical (unpaired) electrons. The van der Waals surface area contributed by atoms with E-state index in [9.17, 15) is 0 Å². The van der Waals surface area contributed by atoms with Gasteiger partial charge in [-0.15, -0.1) is 0 Å². The molecule has 17 heavy (non-hydrogen) atoms. The van der Waals surface area contributed by atoms with Crippen LogP contribution >= 0.6 is 0 Å². The van der Waals surface area contributed by atoms with Crippen LogP contribution in [0.3, 0.4) is 0 Å². The van der Waals surface area contributed by atoms with Gasteiger partial charge in [-0.2, -0.15) is 0 Å². The summed E-state index contributed by atoms with van der Waals surface area (Å²) in [6, 6.07) is 2.29. The van der Waals surface area contributed by atoms with Gasteiger partial charge in [0.2, 0.25) is 0 Å². The molecule has 0 bridgehead atoms. The van der Waals surface area contributed by atoms with Crippen LogP contribution in [0.25, 0.3) is 6.08 Å². The van der Waals surface area contributed by atoms with Crippen molar-refractivity contribution >= 4 is 6.08 Å². The maximum atomic E-state index is 2.34. The van der Waals surface area contributed by atoms with Gasteiger partial charge >= 0.3 is 0 Å². The van der Waals surface area contributed by atoms with Crippen LogP contribution in [0.4, 0.5) is 0 Å². The molecular weight excluding hydrogens is 204 g/mol. The van der Waals surface area contributed by atoms with Crippen molar-refractivity contribution in [1.29, 1.82) is 0 Å². The quantitative estimate of drug-likeness (QED) is 0.585. The predicted molar refractivity (Wildman–Crippen MR) is 78.6 cm³/mol. The lowest BCUT2D eigenvalue weighted by atomic mass is 9.94. The lowest BCUT2D eigenvalue weighted by molar-refractivity contribution is 0.730. The summed E-state index contributed by atoms with van der Waals surface area (Å²) in [5, 5.41) is 0. The van der Waals surface area contributed by atoms with Gasteiger partial charge in [-0.1, -0.05) is 38.0 Å². The summed E-state index contributed by atoms with van der Waals surface area (Å²) < 4.78 is 0. The molecule has 0 saturated carbocycles. The maximum Gasteiger partial charge on any atom is -0.0196 e. The molecule has 0 nitrogen and oxygen atoms in total. The number of hydrogen-bond donors (Lipinski definition) is 0. The van der Waals surface area contributed by atoms with Gasteiger partial charge in [0.25, 0.3) is 0 Å². The van der Waals surface area contributed by atoms with E-state index in [-0.39, 0.29) is 0 Å². The number of unbranched alkanes of at least 4 members (excludes halogenated alkanes) is 3. The Kier molecular flexibility index (Phi) is 5.47. The van der Waals surface area contributed by atoms with E-state index in [1.807, 2.05) is 0 Å². The van der Waals surface area contributed by atoms with Crippen molar-refractivity contribution < 1.29 is 0 Å². The van der Waals surface area contributed by atoms with E-state index in [2.05, 4.69) is 52.8 Å². The number of allylic oxidation sites excluding steroid dienone is 1. The normalized spacial score (nSPS) is 11.4. The highest BCUT2D eigenvalue weighted by Crippen LogP contribution is 2.23. The molecule has 0 amide bonds. The first-order valence-corrected chi connectivity index (χ1v) is 6.81. The van der Waals surface area contributed by atoms with Crippen molar-refractivity contribution in [2.24, 2.45) is 0 Å². The SMILES string of the molecule is CCCCCC=Cc1c(C)c(C)cc(C)c1C. The molecule has 0 unspecified atom stereocenters. The van der Waals surface area contributed by atoms with Gasteiger partial charge in [0, 0.05) is 0 Å². The van der Waals surface area contributed by atoms with Gasteiger partial charge in [-0.25, -0.2) is 0 Å². The van der Waals surface area contributed by atoms with Gasteiger partial charge in [0.05, 0.1) is 0 Å². The van der Waals surface area contributed by atoms with Gasteiger partial charge in [-0.05, 0) is 68.4 Å². The number of hydrogen-bond acceptors (Lipinski definition) is 0. The van der Waals surface area contributed by atoms with Gasteiger partial charge in [0.1, 0.15) is 0 Å². The predicted octanol–water partition coefficient (Wildman–Crippen LogP) is 5.51. The Bertz CT molecular complexity index is 371. The van der Waals surface area contributed by atoms with Gasteiger partial charge in [-0.3, -0.25) is 0 Å². The third kappa shape index (κ3) is 3.73. The second-order valence-corrected chi connectivity index (χ2v) is 5.07. The zero-order valence-corrected chi connectivity index (χ0v) is 12.1. The van der Waals surface area contributed by atoms with Crippen molar-refractivity contribution in [2.45, 2.75) is 60.3 Å². The minimum atomic E-state index is 1.21. The molecule has 0 fully saturated rings. The van der Waals surface area contributed by atoms with E-state index in [4.69, 9.17) is 0 Å². The van der Waals surface area contributed by atoms with E-state index in [0.717, 1.165) is 0 Å². The molecular formula is C17H26. The first-order valence-electron chi connectivity index (χ1n) is 6.81. The Hall–Kier alpha value is -1.04. The van der Waals surface area contributed by atoms with Crippen molar-refractivity contribution in [2.75, 3.05) is 0 Å². The Balaban J connectivity index is 2.83. The van der Waals surface area contributed by atoms with Crippen LogP contribution in [0, 0.1) is 27.7 Å². The lowest BCUT2D eigenvalue weighted by Gasteiger charge is -2.12. The fourth-order valence-corrected chi connectivity index (χ4v) is 2.21. The summed E-state index contributed by atoms with van der Waals surface area (Å²) in [5.74, 6) is 0. The second kappa shape index (κ2) is 6.64. The number of rotatable bonds is 5. The lowest BCUT2D eigenvalue weighted by Crippen LogP contribution is -1.94. The molecule has 0 atom stereocenters. The van der Waals surface area contributed by atoms with Crippen molar-refractivity contribution in [1.82, 2.24) is 0 Å². The first-order chi connectivity index (χ1) is 8.07. The van der Waals surface area contributed by atoms with Crippen LogP contribution in [0.5, 0.6) is 0 Å². The Labute approximate surface area is 107 Å². The summed E-state index contributed by atoms with van der Waals surface area (Å²) >= 11 is 0. The van der Waals surface area contributed by atoms with Crippen molar-refractivity contribution in [3.05, 3.63) is 40.0 Å². The Morgan fingerprint density at radius 2 is 1.53 bits per heavy atom. The maximum absolute atomic E-state index is 2.34. The molecule has 0 spiro atoms. The fourth-order valence-electron chi connectivity index (χ4n) is 2.21. The van der Waals surface area contributed by atoms with Crippen LogP contribution in [-0.4, -0.2) is 0 Å². The zero-order chi connectivity index (χ0) is 12.8. The van der Waals surface area contributed by atoms with Crippen LogP contribution in [0.2, 0.25) is 0 Å². The van der Waals surface area contributed by atoms with Gasteiger partial charge in [0.15, 0.2) is 0 Å². The molecule has 94 valence electrons. The second-order valence-electron chi connectivity index (χ2n) is 5.07. The standard InChI is InChI=1S/C17H26/c1-6-7-8-9-10-11-17-15(4)13(2)12-14(3)16(17)5/h10-12H,6-9H2,1-5H3. The Morgan fingerprint density at radius 3 is 2.06 bits per heavy atom. The van der Waals surface area contributed by atoms with E-state index in [1.54, 1.807) is 0 Å². The molecule has 1 rings (SSSR count). The zero-order valence-electron chi connectivity index (χ0n) is 12.1. The monoisotopic (exact) mass is 230 g/mol. The molecule has 0 aliphatic heterocycles. The molecule has 0 N–H and O–H groups in total. The third-order valence-electron chi connectivity index (χ3n) is 3.68. The van der Waals surface area contributed by atoms with Crippen LogP contribution in [-0.2, 0) is 0 Å². The Morgan fingerprint density at radius 1 is 0.941 bits per heavy atom. The third-order valence-corrected chi connectivity index (χ3v) is 3.68. The first kappa shape index (κ1) is 14.0. The smallest absolute Gasteiger partial charge is 0.0196 e. The minimum Gasteiger partial charge on any atom is -0.0839 e. The van der Waals surface area contributed by atoms with Crippen LogP contribution in [0.15, 0.2) is 12.1 Å². The highest BCUT2D eigenvalue weighted by Gasteiger charge is 2.04. The summed E-state index contributed by atoms with van der Waals surface area (Å²) in [4.78, 5) is 0. The average molecular weight is 230 g/mol. The van der Waals surface area contributed by atoms with Crippen molar-refractivity contribution in [3.63, 3.8) is 0 Å². The molecule has 1 aromatic rings. The largest absolute Gasteiger partial charge is 0.0839 e.